The second kappa shape index (κ2) is 7.68. The summed E-state index contributed by atoms with van der Waals surface area (Å²) < 4.78 is 0. The maximum atomic E-state index is 11.9. The summed E-state index contributed by atoms with van der Waals surface area (Å²) in [4.78, 5) is 17.7. The zero-order valence-corrected chi connectivity index (χ0v) is 10.5. The van der Waals surface area contributed by atoms with Crippen molar-refractivity contribution in [3.63, 3.8) is 0 Å². The standard InChI is InChI=1S/C13H16N2OS/c1-3-9-15(10-4-2)13(16)11-17-12-7-5-6-8-14-12/h3-8H,1-2,9-11H2. The van der Waals surface area contributed by atoms with Crippen molar-refractivity contribution in [3.8, 4) is 0 Å². The molecule has 17 heavy (non-hydrogen) atoms. The molecular weight excluding hydrogens is 232 g/mol. The molecule has 0 aliphatic carbocycles. The lowest BCUT2D eigenvalue weighted by Gasteiger charge is -2.18. The van der Waals surface area contributed by atoms with Crippen LogP contribution in [0.3, 0.4) is 0 Å². The monoisotopic (exact) mass is 248 g/mol. The Kier molecular flexibility index (Phi) is 6.10. The Labute approximate surface area is 106 Å². The number of carbonyl (C=O) groups is 1. The fraction of sp³-hybridized carbons (Fsp3) is 0.231. The Morgan fingerprint density at radius 1 is 1.35 bits per heavy atom. The van der Waals surface area contributed by atoms with Gasteiger partial charge in [-0.3, -0.25) is 4.79 Å². The van der Waals surface area contributed by atoms with Crippen LogP contribution in [0.5, 0.6) is 0 Å². The van der Waals surface area contributed by atoms with E-state index in [1.54, 1.807) is 23.2 Å². The summed E-state index contributed by atoms with van der Waals surface area (Å²) in [5, 5.41) is 0.859. The molecule has 0 fully saturated rings. The Morgan fingerprint density at radius 3 is 2.59 bits per heavy atom. The summed E-state index contributed by atoms with van der Waals surface area (Å²) in [6.45, 7) is 8.37. The van der Waals surface area contributed by atoms with Gasteiger partial charge >= 0.3 is 0 Å². The number of thioether (sulfide) groups is 1. The smallest absolute Gasteiger partial charge is 0.233 e. The molecule has 0 saturated carbocycles. The van der Waals surface area contributed by atoms with Crippen LogP contribution in [0.2, 0.25) is 0 Å². The van der Waals surface area contributed by atoms with Gasteiger partial charge in [0.2, 0.25) is 5.91 Å². The molecule has 90 valence electrons. The van der Waals surface area contributed by atoms with Crippen molar-refractivity contribution in [3.05, 3.63) is 49.7 Å². The van der Waals surface area contributed by atoms with E-state index in [9.17, 15) is 4.79 Å². The van der Waals surface area contributed by atoms with Crippen LogP contribution >= 0.6 is 11.8 Å². The van der Waals surface area contributed by atoms with E-state index in [0.717, 1.165) is 5.03 Å². The van der Waals surface area contributed by atoms with E-state index in [0.29, 0.717) is 18.8 Å². The van der Waals surface area contributed by atoms with Crippen molar-refractivity contribution in [2.45, 2.75) is 5.03 Å². The third-order valence-electron chi connectivity index (χ3n) is 2.03. The summed E-state index contributed by atoms with van der Waals surface area (Å²) in [5.41, 5.74) is 0. The van der Waals surface area contributed by atoms with E-state index in [-0.39, 0.29) is 5.91 Å². The normalized spacial score (nSPS) is 9.65. The van der Waals surface area contributed by atoms with Crippen LogP contribution in [0.4, 0.5) is 0 Å². The quantitative estimate of drug-likeness (QED) is 0.548. The first-order chi connectivity index (χ1) is 8.27. The zero-order valence-electron chi connectivity index (χ0n) is 9.71. The number of aromatic nitrogens is 1. The Morgan fingerprint density at radius 2 is 2.06 bits per heavy atom. The molecular formula is C13H16N2OS. The molecule has 0 saturated heterocycles. The summed E-state index contributed by atoms with van der Waals surface area (Å²) >= 11 is 1.44. The van der Waals surface area contributed by atoms with Gasteiger partial charge in [0.05, 0.1) is 10.8 Å². The summed E-state index contributed by atoms with van der Waals surface area (Å²) in [6, 6.07) is 5.65. The number of hydrogen-bond acceptors (Lipinski definition) is 3. The SMILES string of the molecule is C=CCN(CC=C)C(=O)CSc1ccccn1. The summed E-state index contributed by atoms with van der Waals surface area (Å²) in [5.74, 6) is 0.457. The maximum absolute atomic E-state index is 11.9. The van der Waals surface area contributed by atoms with Crippen molar-refractivity contribution < 1.29 is 4.79 Å². The molecule has 1 heterocycles. The van der Waals surface area contributed by atoms with Gasteiger partial charge in [0.1, 0.15) is 0 Å². The predicted molar refractivity (Wildman–Crippen MR) is 71.9 cm³/mol. The van der Waals surface area contributed by atoms with Gasteiger partial charge in [0, 0.05) is 19.3 Å². The van der Waals surface area contributed by atoms with Crippen molar-refractivity contribution in [2.24, 2.45) is 0 Å². The molecule has 1 aromatic heterocycles. The molecule has 0 spiro atoms. The van der Waals surface area contributed by atoms with Gasteiger partial charge in [-0.25, -0.2) is 4.98 Å². The van der Waals surface area contributed by atoms with Crippen LogP contribution in [0.25, 0.3) is 0 Å². The Bertz CT molecular complexity index is 368. The number of rotatable bonds is 7. The lowest BCUT2D eigenvalue weighted by molar-refractivity contribution is -0.127. The highest BCUT2D eigenvalue weighted by molar-refractivity contribution is 7.99. The molecule has 0 N–H and O–H groups in total. The third-order valence-corrected chi connectivity index (χ3v) is 2.96. The van der Waals surface area contributed by atoms with E-state index in [2.05, 4.69) is 18.1 Å². The van der Waals surface area contributed by atoms with Gasteiger partial charge in [0.15, 0.2) is 0 Å². The minimum Gasteiger partial charge on any atom is -0.335 e. The largest absolute Gasteiger partial charge is 0.335 e. The van der Waals surface area contributed by atoms with Crippen LogP contribution < -0.4 is 0 Å². The van der Waals surface area contributed by atoms with Crippen LogP contribution in [0.15, 0.2) is 54.7 Å². The molecule has 0 aliphatic heterocycles. The van der Waals surface area contributed by atoms with Crippen molar-refractivity contribution >= 4 is 17.7 Å². The van der Waals surface area contributed by atoms with Crippen molar-refractivity contribution in [1.29, 1.82) is 0 Å². The minimum atomic E-state index is 0.0699. The average molecular weight is 248 g/mol. The lowest BCUT2D eigenvalue weighted by Crippen LogP contribution is -2.32. The molecule has 4 heteroatoms. The van der Waals surface area contributed by atoms with Crippen molar-refractivity contribution in [2.75, 3.05) is 18.8 Å². The second-order valence-electron chi connectivity index (χ2n) is 3.33. The first kappa shape index (κ1) is 13.5. The molecule has 1 rings (SSSR count). The second-order valence-corrected chi connectivity index (χ2v) is 4.33. The fourth-order valence-electron chi connectivity index (χ4n) is 1.25. The lowest BCUT2D eigenvalue weighted by atomic mass is 10.4. The van der Waals surface area contributed by atoms with E-state index in [1.807, 2.05) is 18.2 Å². The van der Waals surface area contributed by atoms with E-state index in [4.69, 9.17) is 0 Å². The number of pyridine rings is 1. The Balaban J connectivity index is 2.46. The highest BCUT2D eigenvalue weighted by Gasteiger charge is 2.10. The summed E-state index contributed by atoms with van der Waals surface area (Å²) in [6.07, 6.45) is 5.15. The van der Waals surface area contributed by atoms with Crippen LogP contribution in [-0.2, 0) is 4.79 Å². The van der Waals surface area contributed by atoms with Gasteiger partial charge < -0.3 is 4.90 Å². The molecule has 0 radical (unpaired) electrons. The molecule has 0 unspecified atom stereocenters. The average Bonchev–Trinajstić information content (AvgIpc) is 2.37. The molecule has 0 bridgehead atoms. The number of nitrogens with zero attached hydrogens (tertiary/aromatic N) is 2. The van der Waals surface area contributed by atoms with E-state index in [1.165, 1.54) is 11.8 Å². The van der Waals surface area contributed by atoms with Gasteiger partial charge in [-0.15, -0.1) is 13.2 Å². The molecule has 3 nitrogen and oxygen atoms in total. The topological polar surface area (TPSA) is 33.2 Å². The van der Waals surface area contributed by atoms with Gasteiger partial charge in [-0.1, -0.05) is 30.0 Å². The van der Waals surface area contributed by atoms with Crippen molar-refractivity contribution in [1.82, 2.24) is 9.88 Å². The number of carbonyl (C=O) groups excluding carboxylic acids is 1. The minimum absolute atomic E-state index is 0.0699. The van der Waals surface area contributed by atoms with E-state index >= 15 is 0 Å². The first-order valence-electron chi connectivity index (χ1n) is 5.31. The van der Waals surface area contributed by atoms with E-state index < -0.39 is 0 Å². The van der Waals surface area contributed by atoms with Crippen LogP contribution in [0.1, 0.15) is 0 Å². The highest BCUT2D eigenvalue weighted by Crippen LogP contribution is 2.14. The first-order valence-corrected chi connectivity index (χ1v) is 6.30. The maximum Gasteiger partial charge on any atom is 0.233 e. The van der Waals surface area contributed by atoms with Crippen LogP contribution in [0, 0.1) is 0 Å². The van der Waals surface area contributed by atoms with Crippen LogP contribution in [-0.4, -0.2) is 34.6 Å². The summed E-state index contributed by atoms with van der Waals surface area (Å²) in [7, 11) is 0. The zero-order chi connectivity index (χ0) is 12.5. The van der Waals surface area contributed by atoms with Gasteiger partial charge in [-0.2, -0.15) is 0 Å². The molecule has 1 amide bonds. The molecule has 0 atom stereocenters. The van der Waals surface area contributed by atoms with Gasteiger partial charge in [-0.05, 0) is 12.1 Å². The third kappa shape index (κ3) is 4.87. The number of hydrogen-bond donors (Lipinski definition) is 0. The fourth-order valence-corrected chi connectivity index (χ4v) is 2.01. The molecule has 0 aromatic carbocycles. The molecule has 0 aliphatic rings. The Hall–Kier alpha value is -1.55. The molecule has 1 aromatic rings. The highest BCUT2D eigenvalue weighted by atomic mass is 32.2. The van der Waals surface area contributed by atoms with Gasteiger partial charge in [0.25, 0.3) is 0 Å². The predicted octanol–water partition coefficient (Wildman–Crippen LogP) is 2.37. The number of amides is 1.